The molecule has 0 heterocycles. The molecule has 1 saturated carbocycles. The number of rotatable bonds is 3. The molecule has 0 spiro atoms. The molecule has 1 aliphatic carbocycles. The summed E-state index contributed by atoms with van der Waals surface area (Å²) in [6.45, 7) is 0. The Labute approximate surface area is 129 Å². The fraction of sp³-hybridized carbons (Fsp3) is 0.571. The van der Waals surface area contributed by atoms with Crippen LogP contribution in [0.4, 0.5) is 0 Å². The average Bonchev–Trinajstić information content (AvgIpc) is 2.39. The van der Waals surface area contributed by atoms with Crippen molar-refractivity contribution in [2.45, 2.75) is 44.2 Å². The van der Waals surface area contributed by atoms with E-state index < -0.39 is 6.10 Å². The van der Waals surface area contributed by atoms with Gasteiger partial charge in [-0.1, -0.05) is 31.4 Å². The molecule has 2 rings (SSSR count). The Morgan fingerprint density at radius 2 is 1.67 bits per heavy atom. The molecule has 1 aromatic carbocycles. The molecule has 4 heteroatoms. The van der Waals surface area contributed by atoms with Gasteiger partial charge in [-0.05, 0) is 59.0 Å². The zero-order valence-corrected chi connectivity index (χ0v) is 13.4. The summed E-state index contributed by atoms with van der Waals surface area (Å²) < 4.78 is 1.20. The van der Waals surface area contributed by atoms with Crippen LogP contribution in [-0.4, -0.2) is 11.2 Å². The van der Waals surface area contributed by atoms with E-state index in [1.165, 1.54) is 22.8 Å². The number of aliphatic hydroxyl groups is 1. The SMILES string of the molecule is Cl.N[C@@H](c1ccc(I)cc1)[C@H](O)C1CCCCC1. The summed E-state index contributed by atoms with van der Waals surface area (Å²) in [6, 6.07) is 7.90. The number of benzene rings is 1. The summed E-state index contributed by atoms with van der Waals surface area (Å²) in [5.74, 6) is 0.387. The molecule has 18 heavy (non-hydrogen) atoms. The highest BCUT2D eigenvalue weighted by molar-refractivity contribution is 14.1. The maximum Gasteiger partial charge on any atom is 0.0760 e. The Balaban J connectivity index is 0.00000162. The molecule has 0 aliphatic heterocycles. The van der Waals surface area contributed by atoms with Crippen LogP contribution in [0.1, 0.15) is 43.7 Å². The Hall–Kier alpha value is 0.160. The molecule has 2 atom stereocenters. The lowest BCUT2D eigenvalue weighted by molar-refractivity contribution is 0.0618. The zero-order chi connectivity index (χ0) is 12.3. The van der Waals surface area contributed by atoms with Gasteiger partial charge in [0.15, 0.2) is 0 Å². The highest BCUT2D eigenvalue weighted by Gasteiger charge is 2.27. The van der Waals surface area contributed by atoms with Crippen molar-refractivity contribution in [3.8, 4) is 0 Å². The van der Waals surface area contributed by atoms with Crippen LogP contribution in [0.3, 0.4) is 0 Å². The highest BCUT2D eigenvalue weighted by Crippen LogP contribution is 2.31. The summed E-state index contributed by atoms with van der Waals surface area (Å²) in [4.78, 5) is 0. The first-order valence-electron chi connectivity index (χ1n) is 6.37. The second kappa shape index (κ2) is 7.68. The molecule has 0 bridgehead atoms. The van der Waals surface area contributed by atoms with Crippen molar-refractivity contribution >= 4 is 35.0 Å². The smallest absolute Gasteiger partial charge is 0.0760 e. The van der Waals surface area contributed by atoms with Crippen molar-refractivity contribution in [1.29, 1.82) is 0 Å². The molecule has 0 amide bonds. The first-order valence-corrected chi connectivity index (χ1v) is 7.45. The maximum atomic E-state index is 10.3. The second-order valence-corrected chi connectivity index (χ2v) is 6.21. The van der Waals surface area contributed by atoms with Crippen molar-refractivity contribution in [1.82, 2.24) is 0 Å². The van der Waals surface area contributed by atoms with Gasteiger partial charge < -0.3 is 10.8 Å². The summed E-state index contributed by atoms with van der Waals surface area (Å²) in [7, 11) is 0. The number of nitrogens with two attached hydrogens (primary N) is 1. The molecule has 0 unspecified atom stereocenters. The quantitative estimate of drug-likeness (QED) is 0.785. The van der Waals surface area contributed by atoms with Gasteiger partial charge in [-0.25, -0.2) is 0 Å². The standard InChI is InChI=1S/C14H20INO.ClH/c15-12-8-6-10(7-9-12)13(16)14(17)11-4-2-1-3-5-11;/h6-9,11,13-14,17H,1-5,16H2;1H/t13-,14+;/m0./s1. The highest BCUT2D eigenvalue weighted by atomic mass is 127. The lowest BCUT2D eigenvalue weighted by Crippen LogP contribution is -2.34. The lowest BCUT2D eigenvalue weighted by Gasteiger charge is -2.30. The largest absolute Gasteiger partial charge is 0.391 e. The predicted molar refractivity (Wildman–Crippen MR) is 85.9 cm³/mol. The summed E-state index contributed by atoms with van der Waals surface area (Å²) in [5, 5.41) is 10.3. The molecule has 1 aliphatic rings. The summed E-state index contributed by atoms with van der Waals surface area (Å²) in [6.07, 6.45) is 5.64. The van der Waals surface area contributed by atoms with Crippen LogP contribution >= 0.6 is 35.0 Å². The molecular weight excluding hydrogens is 361 g/mol. The zero-order valence-electron chi connectivity index (χ0n) is 10.4. The van der Waals surface area contributed by atoms with Crippen molar-refractivity contribution in [3.05, 3.63) is 33.4 Å². The van der Waals surface area contributed by atoms with E-state index in [0.717, 1.165) is 18.4 Å². The van der Waals surface area contributed by atoms with E-state index >= 15 is 0 Å². The normalized spacial score (nSPS) is 19.9. The molecular formula is C14H21ClINO. The number of hydrogen-bond acceptors (Lipinski definition) is 2. The third kappa shape index (κ3) is 4.08. The van der Waals surface area contributed by atoms with E-state index in [0.29, 0.717) is 5.92 Å². The van der Waals surface area contributed by atoms with Crippen molar-refractivity contribution in [2.75, 3.05) is 0 Å². The molecule has 3 N–H and O–H groups in total. The Morgan fingerprint density at radius 3 is 2.22 bits per heavy atom. The summed E-state index contributed by atoms with van der Waals surface area (Å²) >= 11 is 2.28. The monoisotopic (exact) mass is 381 g/mol. The van der Waals surface area contributed by atoms with E-state index in [1.54, 1.807) is 0 Å². The molecule has 2 nitrogen and oxygen atoms in total. The molecule has 102 valence electrons. The van der Waals surface area contributed by atoms with E-state index in [1.807, 2.05) is 24.3 Å². The van der Waals surface area contributed by atoms with Crippen molar-refractivity contribution in [3.63, 3.8) is 0 Å². The van der Waals surface area contributed by atoms with Gasteiger partial charge in [-0.3, -0.25) is 0 Å². The molecule has 1 fully saturated rings. The van der Waals surface area contributed by atoms with E-state index in [4.69, 9.17) is 5.73 Å². The van der Waals surface area contributed by atoms with Crippen LogP contribution in [0, 0.1) is 9.49 Å². The predicted octanol–water partition coefficient (Wildman–Crippen LogP) is 3.65. The lowest BCUT2D eigenvalue weighted by atomic mass is 9.81. The Morgan fingerprint density at radius 1 is 1.11 bits per heavy atom. The van der Waals surface area contributed by atoms with Gasteiger partial charge in [0, 0.05) is 3.57 Å². The number of aliphatic hydroxyl groups excluding tert-OH is 1. The van der Waals surface area contributed by atoms with Gasteiger partial charge in [-0.15, -0.1) is 12.4 Å². The second-order valence-electron chi connectivity index (χ2n) is 4.97. The maximum absolute atomic E-state index is 10.3. The average molecular weight is 382 g/mol. The topological polar surface area (TPSA) is 46.2 Å². The van der Waals surface area contributed by atoms with Crippen molar-refractivity contribution in [2.24, 2.45) is 11.7 Å². The third-order valence-electron chi connectivity index (χ3n) is 3.76. The number of halogens is 2. The van der Waals surface area contributed by atoms with Gasteiger partial charge in [-0.2, -0.15) is 0 Å². The van der Waals surface area contributed by atoms with E-state index in [-0.39, 0.29) is 18.4 Å². The van der Waals surface area contributed by atoms with Crippen LogP contribution in [0.25, 0.3) is 0 Å². The Kier molecular flexibility index (Phi) is 6.92. The molecule has 0 aromatic heterocycles. The van der Waals surface area contributed by atoms with Gasteiger partial charge in [0.25, 0.3) is 0 Å². The molecule has 0 saturated heterocycles. The molecule has 1 aromatic rings. The first kappa shape index (κ1) is 16.2. The molecule has 0 radical (unpaired) electrons. The van der Waals surface area contributed by atoms with Gasteiger partial charge in [0.2, 0.25) is 0 Å². The van der Waals surface area contributed by atoms with E-state index in [2.05, 4.69) is 22.6 Å². The van der Waals surface area contributed by atoms with Gasteiger partial charge in [0.05, 0.1) is 12.1 Å². The third-order valence-corrected chi connectivity index (χ3v) is 4.47. The fourth-order valence-corrected chi connectivity index (χ4v) is 3.01. The van der Waals surface area contributed by atoms with Gasteiger partial charge in [0.1, 0.15) is 0 Å². The van der Waals surface area contributed by atoms with Crippen LogP contribution < -0.4 is 5.73 Å². The van der Waals surface area contributed by atoms with E-state index in [9.17, 15) is 5.11 Å². The minimum Gasteiger partial charge on any atom is -0.391 e. The van der Waals surface area contributed by atoms with Crippen LogP contribution in [0.5, 0.6) is 0 Å². The van der Waals surface area contributed by atoms with Crippen LogP contribution in [0.15, 0.2) is 24.3 Å². The fourth-order valence-electron chi connectivity index (χ4n) is 2.65. The van der Waals surface area contributed by atoms with Crippen molar-refractivity contribution < 1.29 is 5.11 Å². The van der Waals surface area contributed by atoms with Crippen LogP contribution in [0.2, 0.25) is 0 Å². The van der Waals surface area contributed by atoms with Crippen LogP contribution in [-0.2, 0) is 0 Å². The minimum absolute atomic E-state index is 0. The minimum atomic E-state index is -0.393. The summed E-state index contributed by atoms with van der Waals surface area (Å²) in [5.41, 5.74) is 7.21. The Bertz CT molecular complexity index is 351. The first-order chi connectivity index (χ1) is 8.18. The van der Waals surface area contributed by atoms with Gasteiger partial charge >= 0.3 is 0 Å². The number of hydrogen-bond donors (Lipinski definition) is 2.